The Hall–Kier alpha value is -4.19. The van der Waals surface area contributed by atoms with Gasteiger partial charge in [-0.1, -0.05) is 6.07 Å². The zero-order valence-corrected chi connectivity index (χ0v) is 22.0. The van der Waals surface area contributed by atoms with Crippen molar-refractivity contribution in [2.45, 2.75) is 30.4 Å². The normalized spacial score (nSPS) is 13.9. The van der Waals surface area contributed by atoms with Crippen LogP contribution in [0.15, 0.2) is 50.5 Å². The molecule has 200 valence electrons. The molecule has 0 spiro atoms. The van der Waals surface area contributed by atoms with Crippen molar-refractivity contribution in [3.63, 3.8) is 0 Å². The lowest BCUT2D eigenvalue weighted by Gasteiger charge is -2.18. The third-order valence-corrected chi connectivity index (χ3v) is 7.02. The van der Waals surface area contributed by atoms with Crippen molar-refractivity contribution in [2.75, 3.05) is 27.6 Å². The van der Waals surface area contributed by atoms with Crippen LogP contribution in [0.2, 0.25) is 0 Å². The maximum absolute atomic E-state index is 13.1. The van der Waals surface area contributed by atoms with Gasteiger partial charge in [0.15, 0.2) is 29.3 Å². The Morgan fingerprint density at radius 2 is 1.87 bits per heavy atom. The molecule has 0 radical (unpaired) electrons. The van der Waals surface area contributed by atoms with E-state index in [2.05, 4.69) is 10.2 Å². The fourth-order valence-electron chi connectivity index (χ4n) is 4.55. The second-order valence-electron chi connectivity index (χ2n) is 8.28. The molecule has 2 aromatic carbocycles. The summed E-state index contributed by atoms with van der Waals surface area (Å²) in [7, 11) is 4.61. The average molecular weight is 543 g/mol. The van der Waals surface area contributed by atoms with Crippen molar-refractivity contribution in [3.05, 3.63) is 79.4 Å². The fraction of sp³-hybridized carbons (Fsp3) is 0.308. The molecule has 1 amide bonds. The van der Waals surface area contributed by atoms with Crippen LogP contribution < -0.4 is 25.0 Å². The predicted molar refractivity (Wildman–Crippen MR) is 139 cm³/mol. The maximum atomic E-state index is 13.1. The molecule has 12 heteroatoms. The van der Waals surface area contributed by atoms with Crippen LogP contribution in [0.4, 0.5) is 0 Å². The minimum Gasteiger partial charge on any atom is -0.493 e. The Morgan fingerprint density at radius 1 is 1.11 bits per heavy atom. The minimum atomic E-state index is -0.940. The van der Waals surface area contributed by atoms with E-state index in [0.717, 1.165) is 16.7 Å². The quantitative estimate of drug-likeness (QED) is 0.238. The van der Waals surface area contributed by atoms with Crippen molar-refractivity contribution in [3.8, 4) is 28.4 Å². The van der Waals surface area contributed by atoms with Crippen molar-refractivity contribution >= 4 is 17.7 Å². The third-order valence-electron chi connectivity index (χ3n) is 6.25. The second kappa shape index (κ2) is 11.5. The SMILES string of the molecule is COc1cc2c(c(OC)c1OC)CC[C@H](NC(=O)c1ccc(CO[N+](=O)[O-])o1)c1cc(=O)c(SC)ccc1-2. The number of fused-ring (bicyclic) bond motifs is 3. The Bertz CT molecular complexity index is 1440. The van der Waals surface area contributed by atoms with Gasteiger partial charge in [-0.15, -0.1) is 21.9 Å². The summed E-state index contributed by atoms with van der Waals surface area (Å²) in [6.45, 7) is -0.419. The first kappa shape index (κ1) is 26.9. The highest BCUT2D eigenvalue weighted by molar-refractivity contribution is 7.98. The average Bonchev–Trinajstić information content (AvgIpc) is 3.27. The topological polar surface area (TPSA) is 139 Å². The number of carbonyl (C=O) groups excluding carboxylic acids is 1. The highest BCUT2D eigenvalue weighted by Gasteiger charge is 2.30. The molecule has 0 bridgehead atoms. The van der Waals surface area contributed by atoms with Gasteiger partial charge in [-0.3, -0.25) is 9.59 Å². The number of hydrogen-bond donors (Lipinski definition) is 1. The maximum Gasteiger partial charge on any atom is 0.294 e. The molecule has 1 heterocycles. The molecule has 1 aliphatic carbocycles. The van der Waals surface area contributed by atoms with Crippen LogP contribution in [0.25, 0.3) is 11.1 Å². The lowest BCUT2D eigenvalue weighted by Crippen LogP contribution is -2.28. The van der Waals surface area contributed by atoms with Crippen LogP contribution in [0.5, 0.6) is 17.2 Å². The largest absolute Gasteiger partial charge is 0.493 e. The van der Waals surface area contributed by atoms with E-state index in [0.29, 0.717) is 40.5 Å². The Balaban J connectivity index is 1.81. The lowest BCUT2D eigenvalue weighted by molar-refractivity contribution is -0.763. The number of furan rings is 1. The van der Waals surface area contributed by atoms with Gasteiger partial charge in [-0.2, -0.15) is 0 Å². The third kappa shape index (κ3) is 5.25. The number of methoxy groups -OCH3 is 3. The summed E-state index contributed by atoms with van der Waals surface area (Å²) in [4.78, 5) is 41.5. The second-order valence-corrected chi connectivity index (χ2v) is 9.13. The molecule has 0 saturated carbocycles. The predicted octanol–water partition coefficient (Wildman–Crippen LogP) is 4.18. The van der Waals surface area contributed by atoms with Gasteiger partial charge in [0.05, 0.1) is 32.3 Å². The van der Waals surface area contributed by atoms with Gasteiger partial charge in [-0.05, 0) is 66.1 Å². The number of hydrogen-bond acceptors (Lipinski definition) is 10. The molecule has 3 aromatic rings. The van der Waals surface area contributed by atoms with E-state index in [1.54, 1.807) is 19.2 Å². The number of amides is 1. The summed E-state index contributed by atoms with van der Waals surface area (Å²) < 4.78 is 22.3. The van der Waals surface area contributed by atoms with Gasteiger partial charge in [0.1, 0.15) is 5.76 Å². The summed E-state index contributed by atoms with van der Waals surface area (Å²) >= 11 is 1.33. The first-order valence-electron chi connectivity index (χ1n) is 11.5. The molecule has 1 aromatic heterocycles. The van der Waals surface area contributed by atoms with E-state index < -0.39 is 23.6 Å². The van der Waals surface area contributed by atoms with Crippen LogP contribution in [0, 0.1) is 10.1 Å². The summed E-state index contributed by atoms with van der Waals surface area (Å²) in [5.41, 5.74) is 2.83. The zero-order chi connectivity index (χ0) is 27.4. The molecule has 4 rings (SSSR count). The van der Waals surface area contributed by atoms with Crippen LogP contribution in [-0.2, 0) is 17.9 Å². The molecule has 0 aliphatic heterocycles. The minimum absolute atomic E-state index is 0.0383. The van der Waals surface area contributed by atoms with Gasteiger partial charge in [-0.25, -0.2) is 0 Å². The van der Waals surface area contributed by atoms with E-state index in [9.17, 15) is 19.7 Å². The monoisotopic (exact) mass is 542 g/mol. The van der Waals surface area contributed by atoms with Crippen molar-refractivity contribution in [2.24, 2.45) is 0 Å². The summed E-state index contributed by atoms with van der Waals surface area (Å²) in [5, 5.41) is 12.5. The van der Waals surface area contributed by atoms with E-state index in [1.165, 1.54) is 38.1 Å². The highest BCUT2D eigenvalue weighted by Crippen LogP contribution is 2.49. The van der Waals surface area contributed by atoms with Gasteiger partial charge in [0.25, 0.3) is 11.0 Å². The molecule has 38 heavy (non-hydrogen) atoms. The van der Waals surface area contributed by atoms with Gasteiger partial charge >= 0.3 is 0 Å². The number of benzene rings is 1. The molecule has 0 saturated heterocycles. The summed E-state index contributed by atoms with van der Waals surface area (Å²) in [6.07, 6.45) is 2.75. The van der Waals surface area contributed by atoms with Crippen LogP contribution >= 0.6 is 11.8 Å². The molecular formula is C26H26N2O9S. The standard InChI is InChI=1S/C26H26N2O9S/c1-33-22-12-17-15-7-10-23(38-4)20(29)11-18(15)19(8-6-16(17)24(34-2)25(22)35-3)27-26(30)21-9-5-14(37-21)13-36-28(31)32/h5,7,9-12,19H,6,8,13H2,1-4H3,(H,27,30)/t19-/m0/s1. The molecule has 1 atom stereocenters. The number of nitrogens with zero attached hydrogens (tertiary/aromatic N) is 1. The Labute approximate surface area is 222 Å². The van der Waals surface area contributed by atoms with Gasteiger partial charge in [0.2, 0.25) is 5.75 Å². The number of thioether (sulfide) groups is 1. The first-order chi connectivity index (χ1) is 18.3. The fourth-order valence-corrected chi connectivity index (χ4v) is 5.02. The van der Waals surface area contributed by atoms with Crippen LogP contribution in [0.1, 0.15) is 39.9 Å². The molecule has 0 fully saturated rings. The summed E-state index contributed by atoms with van der Waals surface area (Å²) in [5.74, 6) is 0.986. The molecule has 11 nitrogen and oxygen atoms in total. The molecule has 1 aliphatic rings. The van der Waals surface area contributed by atoms with Crippen molar-refractivity contribution < 1.29 is 33.3 Å². The number of nitrogens with one attached hydrogen (secondary N) is 1. The zero-order valence-electron chi connectivity index (χ0n) is 21.2. The lowest BCUT2D eigenvalue weighted by atomic mass is 9.96. The van der Waals surface area contributed by atoms with Gasteiger partial charge in [0, 0.05) is 5.56 Å². The first-order valence-corrected chi connectivity index (χ1v) is 12.7. The Kier molecular flexibility index (Phi) is 8.10. The number of rotatable bonds is 9. The van der Waals surface area contributed by atoms with E-state index >= 15 is 0 Å². The molecule has 1 N–H and O–H groups in total. The molecular weight excluding hydrogens is 516 g/mol. The highest BCUT2D eigenvalue weighted by atomic mass is 32.2. The van der Waals surface area contributed by atoms with Crippen LogP contribution in [-0.4, -0.2) is 38.6 Å². The summed E-state index contributed by atoms with van der Waals surface area (Å²) in [6, 6.07) is 9.28. The van der Waals surface area contributed by atoms with Crippen LogP contribution in [0.3, 0.4) is 0 Å². The Morgan fingerprint density at radius 3 is 2.53 bits per heavy atom. The van der Waals surface area contributed by atoms with E-state index in [-0.39, 0.29) is 16.9 Å². The van der Waals surface area contributed by atoms with Crippen molar-refractivity contribution in [1.82, 2.24) is 5.32 Å². The van der Waals surface area contributed by atoms with E-state index in [1.807, 2.05) is 18.4 Å². The van der Waals surface area contributed by atoms with Crippen molar-refractivity contribution in [1.29, 1.82) is 0 Å². The number of carbonyl (C=O) groups is 1. The number of ether oxygens (including phenoxy) is 3. The molecule has 0 unspecified atom stereocenters. The van der Waals surface area contributed by atoms with E-state index in [4.69, 9.17) is 18.6 Å². The van der Waals surface area contributed by atoms with Gasteiger partial charge < -0.3 is 28.8 Å². The smallest absolute Gasteiger partial charge is 0.294 e.